The molecule has 4 aromatic carbocycles. The quantitative estimate of drug-likeness (QED) is 0.271. The van der Waals surface area contributed by atoms with Crippen LogP contribution in [0.25, 0.3) is 0 Å². The molecular weight excluding hydrogens is 568 g/mol. The van der Waals surface area contributed by atoms with E-state index < -0.39 is 0 Å². The van der Waals surface area contributed by atoms with E-state index in [0.717, 1.165) is 66.8 Å². The first-order valence-corrected chi connectivity index (χ1v) is 15.5. The fraction of sp³-hybridized carbons (Fsp3) is 0.351. The summed E-state index contributed by atoms with van der Waals surface area (Å²) in [5, 5.41) is 11.6. The lowest BCUT2D eigenvalue weighted by molar-refractivity contribution is 0.220. The average Bonchev–Trinajstić information content (AvgIpc) is 3.05. The Hall–Kier alpha value is -4.40. The molecule has 1 N–H and O–H groups in total. The van der Waals surface area contributed by atoms with E-state index in [0.29, 0.717) is 34.5 Å². The summed E-state index contributed by atoms with van der Waals surface area (Å²) in [5.41, 5.74) is 6.77. The summed E-state index contributed by atoms with van der Waals surface area (Å²) < 4.78 is 30.5. The fourth-order valence-electron chi connectivity index (χ4n) is 7.10. The summed E-state index contributed by atoms with van der Waals surface area (Å²) in [7, 11) is 9.21. The Morgan fingerprint density at radius 3 is 2.02 bits per heavy atom. The van der Waals surface area contributed by atoms with Crippen LogP contribution >= 0.6 is 0 Å². The van der Waals surface area contributed by atoms with Crippen LogP contribution in [0, 0.1) is 0 Å². The molecule has 4 aliphatic heterocycles. The molecule has 6 bridgehead atoms. The number of phenolic OH excluding ortho intramolecular Hbond substituents is 1. The van der Waals surface area contributed by atoms with Gasteiger partial charge in [0.25, 0.3) is 0 Å². The van der Waals surface area contributed by atoms with Gasteiger partial charge in [0, 0.05) is 30.7 Å². The van der Waals surface area contributed by atoms with Crippen molar-refractivity contribution < 1.29 is 28.8 Å². The number of methoxy groups -OCH3 is 3. The van der Waals surface area contributed by atoms with Crippen molar-refractivity contribution in [2.24, 2.45) is 0 Å². The summed E-state index contributed by atoms with van der Waals surface area (Å²) in [4.78, 5) is 4.71. The fourth-order valence-corrected chi connectivity index (χ4v) is 7.10. The van der Waals surface area contributed by atoms with Gasteiger partial charge in [0.2, 0.25) is 5.75 Å². The largest absolute Gasteiger partial charge is 0.502 e. The molecule has 4 aromatic rings. The zero-order valence-corrected chi connectivity index (χ0v) is 26.6. The summed E-state index contributed by atoms with van der Waals surface area (Å²) in [6.07, 6.45) is 3.20. The Bertz CT molecular complexity index is 1740. The Labute approximate surface area is 264 Å². The molecule has 0 saturated heterocycles. The van der Waals surface area contributed by atoms with Gasteiger partial charge >= 0.3 is 0 Å². The third kappa shape index (κ3) is 5.32. The Balaban J connectivity index is 1.45. The van der Waals surface area contributed by atoms with Gasteiger partial charge in [-0.2, -0.15) is 0 Å². The molecule has 0 unspecified atom stereocenters. The van der Waals surface area contributed by atoms with E-state index in [-0.39, 0.29) is 17.8 Å². The molecule has 0 saturated carbocycles. The second kappa shape index (κ2) is 11.8. The minimum atomic E-state index is -0.0366. The van der Waals surface area contributed by atoms with Crippen LogP contribution in [0.15, 0.2) is 60.7 Å². The van der Waals surface area contributed by atoms with Crippen LogP contribution < -0.4 is 23.7 Å². The summed E-state index contributed by atoms with van der Waals surface area (Å²) in [6.45, 7) is 1.80. The van der Waals surface area contributed by atoms with Crippen molar-refractivity contribution in [2.45, 2.75) is 37.8 Å². The number of phenols is 1. The lowest BCUT2D eigenvalue weighted by Gasteiger charge is -2.37. The minimum Gasteiger partial charge on any atom is -0.502 e. The third-order valence-corrected chi connectivity index (χ3v) is 9.66. The predicted octanol–water partition coefficient (Wildman–Crippen LogP) is 6.86. The molecule has 8 rings (SSSR count). The van der Waals surface area contributed by atoms with Crippen LogP contribution in [0.1, 0.15) is 45.5 Å². The Kier molecular flexibility index (Phi) is 7.71. The molecule has 8 nitrogen and oxygen atoms in total. The lowest BCUT2D eigenvalue weighted by atomic mass is 9.87. The molecule has 0 aromatic heterocycles. The van der Waals surface area contributed by atoms with Gasteiger partial charge in [-0.05, 0) is 110 Å². The van der Waals surface area contributed by atoms with Crippen molar-refractivity contribution in [3.63, 3.8) is 0 Å². The average molecular weight is 609 g/mol. The number of benzene rings is 4. The number of hydrogen-bond acceptors (Lipinski definition) is 8. The van der Waals surface area contributed by atoms with Crippen molar-refractivity contribution >= 4 is 0 Å². The van der Waals surface area contributed by atoms with Gasteiger partial charge in [0.15, 0.2) is 34.5 Å². The monoisotopic (exact) mass is 608 g/mol. The highest BCUT2D eigenvalue weighted by Crippen LogP contribution is 2.51. The van der Waals surface area contributed by atoms with Crippen LogP contribution in [0.2, 0.25) is 0 Å². The molecule has 4 heterocycles. The number of hydrogen-bond donors (Lipinski definition) is 1. The van der Waals surface area contributed by atoms with Crippen molar-refractivity contribution in [1.82, 2.24) is 9.80 Å². The zero-order chi connectivity index (χ0) is 31.2. The molecule has 0 fully saturated rings. The first kappa shape index (κ1) is 29.3. The SMILES string of the molecule is COc1ccc2cc1Oc1ccc(cc1)C[C@@H]1c3c(cc(OC)c(O)c3Oc3cc4c(cc3OC)CCN(C)[C@@H]4C2)CCN1C. The second-order valence-corrected chi connectivity index (χ2v) is 12.3. The molecular formula is C37H40N2O6. The lowest BCUT2D eigenvalue weighted by Crippen LogP contribution is -2.34. The Morgan fingerprint density at radius 2 is 1.29 bits per heavy atom. The minimum absolute atomic E-state index is 0.00564. The number of aromatic hydroxyl groups is 1. The van der Waals surface area contributed by atoms with Crippen LogP contribution in [-0.2, 0) is 25.7 Å². The predicted molar refractivity (Wildman–Crippen MR) is 173 cm³/mol. The third-order valence-electron chi connectivity index (χ3n) is 9.66. The van der Waals surface area contributed by atoms with Crippen molar-refractivity contribution in [3.8, 4) is 46.0 Å². The van der Waals surface area contributed by atoms with Gasteiger partial charge in [0.05, 0.1) is 21.3 Å². The highest BCUT2D eigenvalue weighted by Gasteiger charge is 2.34. The number of fused-ring (bicyclic) bond motifs is 2. The molecule has 4 aliphatic rings. The molecule has 8 heteroatoms. The first-order valence-electron chi connectivity index (χ1n) is 15.5. The summed E-state index contributed by atoms with van der Waals surface area (Å²) >= 11 is 0. The zero-order valence-electron chi connectivity index (χ0n) is 26.6. The van der Waals surface area contributed by atoms with Crippen molar-refractivity contribution in [2.75, 3.05) is 48.5 Å². The molecule has 0 amide bonds. The summed E-state index contributed by atoms with van der Waals surface area (Å²) in [6, 6.07) is 20.6. The smallest absolute Gasteiger partial charge is 0.201 e. The number of rotatable bonds is 3. The topological polar surface area (TPSA) is 72.9 Å². The van der Waals surface area contributed by atoms with Gasteiger partial charge in [-0.3, -0.25) is 9.80 Å². The van der Waals surface area contributed by atoms with E-state index in [9.17, 15) is 5.11 Å². The summed E-state index contributed by atoms with van der Waals surface area (Å²) in [5.74, 6) is 4.15. The van der Waals surface area contributed by atoms with E-state index in [2.05, 4.69) is 60.3 Å². The Morgan fingerprint density at radius 1 is 0.667 bits per heavy atom. The number of ether oxygens (including phenoxy) is 5. The van der Waals surface area contributed by atoms with Crippen LogP contribution in [0.4, 0.5) is 0 Å². The van der Waals surface area contributed by atoms with Gasteiger partial charge in [-0.1, -0.05) is 18.2 Å². The van der Waals surface area contributed by atoms with E-state index >= 15 is 0 Å². The molecule has 234 valence electrons. The van der Waals surface area contributed by atoms with Gasteiger partial charge in [-0.25, -0.2) is 0 Å². The van der Waals surface area contributed by atoms with E-state index in [1.54, 1.807) is 21.3 Å². The normalized spacial score (nSPS) is 19.4. The highest BCUT2D eigenvalue weighted by atomic mass is 16.5. The van der Waals surface area contributed by atoms with Crippen molar-refractivity contribution in [1.29, 1.82) is 0 Å². The van der Waals surface area contributed by atoms with Crippen LogP contribution in [0.3, 0.4) is 0 Å². The van der Waals surface area contributed by atoms with E-state index in [4.69, 9.17) is 23.7 Å². The van der Waals surface area contributed by atoms with Gasteiger partial charge < -0.3 is 28.8 Å². The van der Waals surface area contributed by atoms with Crippen molar-refractivity contribution in [3.05, 3.63) is 94.0 Å². The molecule has 0 radical (unpaired) electrons. The molecule has 45 heavy (non-hydrogen) atoms. The van der Waals surface area contributed by atoms with E-state index in [1.807, 2.05) is 24.3 Å². The van der Waals surface area contributed by atoms with Gasteiger partial charge in [0.1, 0.15) is 5.75 Å². The highest BCUT2D eigenvalue weighted by molar-refractivity contribution is 5.63. The first-order chi connectivity index (χ1) is 21.9. The standard InChI is InChI=1S/C37H40N2O6/c1-38-14-12-24-19-31(42-4)33-21-27(24)28(38)17-23-8-11-30(41-3)32(18-23)44-26-9-6-22(7-10-26)16-29-35-25(13-15-39(29)2)20-34(43-5)36(40)37(35)45-33/h6-11,18-21,28-29,40H,12-17H2,1-5H3/t28-,29-/m1/s1. The van der Waals surface area contributed by atoms with Gasteiger partial charge in [-0.15, -0.1) is 0 Å². The number of likely N-dealkylation sites (N-methyl/N-ethyl adjacent to an activating group) is 2. The number of nitrogens with zero attached hydrogens (tertiary/aromatic N) is 2. The maximum Gasteiger partial charge on any atom is 0.201 e. The second-order valence-electron chi connectivity index (χ2n) is 12.3. The van der Waals surface area contributed by atoms with E-state index in [1.165, 1.54) is 11.1 Å². The molecule has 0 spiro atoms. The van der Waals surface area contributed by atoms with Crippen LogP contribution in [0.5, 0.6) is 46.0 Å². The maximum atomic E-state index is 11.6. The molecule has 0 aliphatic carbocycles. The van der Waals surface area contributed by atoms with Crippen LogP contribution in [-0.4, -0.2) is 63.4 Å². The molecule has 2 atom stereocenters. The maximum absolute atomic E-state index is 11.6.